The zero-order valence-electron chi connectivity index (χ0n) is 11.8. The van der Waals surface area contributed by atoms with E-state index in [9.17, 15) is 0 Å². The van der Waals surface area contributed by atoms with E-state index in [-0.39, 0.29) is 0 Å². The van der Waals surface area contributed by atoms with Gasteiger partial charge in [0.2, 0.25) is 0 Å². The molecule has 0 saturated carbocycles. The van der Waals surface area contributed by atoms with Crippen molar-refractivity contribution in [1.29, 1.82) is 0 Å². The fraction of sp³-hybridized carbons (Fsp3) is 0.538. The number of nitrogens with zero attached hydrogens (tertiary/aromatic N) is 4. The maximum Gasteiger partial charge on any atom is 0.0866 e. The van der Waals surface area contributed by atoms with E-state index in [0.717, 1.165) is 23.0 Å². The SMILES string of the molecule is Cc1nn(C)c(Cn2cc(CNC(C)C)cn2)c1Cl. The molecular weight excluding hydrogens is 262 g/mol. The highest BCUT2D eigenvalue weighted by Crippen LogP contribution is 2.20. The van der Waals surface area contributed by atoms with Gasteiger partial charge >= 0.3 is 0 Å². The van der Waals surface area contributed by atoms with Crippen LogP contribution in [0.1, 0.15) is 30.8 Å². The standard InChI is InChI=1S/C13H20ClN5/c1-9(2)15-5-11-6-16-19(7-11)8-12-13(14)10(3)17-18(12)4/h6-7,9,15H,5,8H2,1-4H3. The van der Waals surface area contributed by atoms with Crippen LogP contribution in [-0.2, 0) is 20.1 Å². The van der Waals surface area contributed by atoms with Gasteiger partial charge in [-0.2, -0.15) is 10.2 Å². The van der Waals surface area contributed by atoms with Gasteiger partial charge in [-0.05, 0) is 6.92 Å². The van der Waals surface area contributed by atoms with Crippen LogP contribution in [0.3, 0.4) is 0 Å². The van der Waals surface area contributed by atoms with Crippen molar-refractivity contribution < 1.29 is 0 Å². The summed E-state index contributed by atoms with van der Waals surface area (Å²) in [4.78, 5) is 0. The van der Waals surface area contributed by atoms with Crippen molar-refractivity contribution >= 4 is 11.6 Å². The summed E-state index contributed by atoms with van der Waals surface area (Å²) >= 11 is 6.24. The average molecular weight is 282 g/mol. The Bertz CT molecular complexity index is 555. The van der Waals surface area contributed by atoms with Gasteiger partial charge in [0, 0.05) is 31.4 Å². The molecule has 2 heterocycles. The Morgan fingerprint density at radius 1 is 1.42 bits per heavy atom. The second kappa shape index (κ2) is 5.75. The predicted molar refractivity (Wildman–Crippen MR) is 76.3 cm³/mol. The smallest absolute Gasteiger partial charge is 0.0866 e. The lowest BCUT2D eigenvalue weighted by Gasteiger charge is -2.05. The number of halogens is 1. The highest BCUT2D eigenvalue weighted by molar-refractivity contribution is 6.31. The van der Waals surface area contributed by atoms with Crippen LogP contribution in [0.25, 0.3) is 0 Å². The molecule has 0 bridgehead atoms. The van der Waals surface area contributed by atoms with Crippen molar-refractivity contribution in [1.82, 2.24) is 24.9 Å². The van der Waals surface area contributed by atoms with Crippen molar-refractivity contribution in [3.05, 3.63) is 34.4 Å². The average Bonchev–Trinajstić information content (AvgIpc) is 2.88. The Kier molecular flexibility index (Phi) is 4.27. The van der Waals surface area contributed by atoms with Crippen molar-refractivity contribution in [2.75, 3.05) is 0 Å². The van der Waals surface area contributed by atoms with Crippen LogP contribution >= 0.6 is 11.6 Å². The zero-order valence-corrected chi connectivity index (χ0v) is 12.6. The molecule has 19 heavy (non-hydrogen) atoms. The molecule has 0 atom stereocenters. The molecular formula is C13H20ClN5. The monoisotopic (exact) mass is 281 g/mol. The van der Waals surface area contributed by atoms with E-state index in [1.54, 1.807) is 0 Å². The van der Waals surface area contributed by atoms with E-state index < -0.39 is 0 Å². The minimum Gasteiger partial charge on any atom is -0.310 e. The van der Waals surface area contributed by atoms with Gasteiger partial charge in [-0.15, -0.1) is 0 Å². The molecule has 2 aromatic heterocycles. The molecule has 6 heteroatoms. The van der Waals surface area contributed by atoms with E-state index in [2.05, 4.69) is 29.4 Å². The Hall–Kier alpha value is -1.33. The quantitative estimate of drug-likeness (QED) is 0.913. The van der Waals surface area contributed by atoms with Crippen molar-refractivity contribution in [3.8, 4) is 0 Å². The van der Waals surface area contributed by atoms with Crippen LogP contribution in [0.4, 0.5) is 0 Å². The van der Waals surface area contributed by atoms with Crippen LogP contribution in [0.15, 0.2) is 12.4 Å². The number of aryl methyl sites for hydroxylation is 2. The fourth-order valence-electron chi connectivity index (χ4n) is 1.91. The fourth-order valence-corrected chi connectivity index (χ4v) is 2.13. The molecule has 0 aliphatic rings. The topological polar surface area (TPSA) is 47.7 Å². The lowest BCUT2D eigenvalue weighted by atomic mass is 10.3. The third-order valence-electron chi connectivity index (χ3n) is 2.97. The molecule has 0 spiro atoms. The first-order chi connectivity index (χ1) is 8.97. The second-order valence-electron chi connectivity index (χ2n) is 5.05. The predicted octanol–water partition coefficient (Wildman–Crippen LogP) is 2.12. The molecule has 5 nitrogen and oxygen atoms in total. The first kappa shape index (κ1) is 14.1. The summed E-state index contributed by atoms with van der Waals surface area (Å²) in [6.07, 6.45) is 3.92. The normalized spacial score (nSPS) is 11.5. The minimum absolute atomic E-state index is 0.470. The summed E-state index contributed by atoms with van der Waals surface area (Å²) in [5.41, 5.74) is 3.00. The maximum absolute atomic E-state index is 6.24. The molecule has 0 radical (unpaired) electrons. The Labute approximate surface area is 118 Å². The summed E-state index contributed by atoms with van der Waals surface area (Å²) < 4.78 is 3.70. The Balaban J connectivity index is 2.07. The molecule has 2 rings (SSSR count). The van der Waals surface area contributed by atoms with Crippen molar-refractivity contribution in [3.63, 3.8) is 0 Å². The summed E-state index contributed by atoms with van der Waals surface area (Å²) in [7, 11) is 1.90. The minimum atomic E-state index is 0.470. The number of nitrogens with one attached hydrogen (secondary N) is 1. The van der Waals surface area contributed by atoms with Crippen LogP contribution in [0.2, 0.25) is 5.02 Å². The van der Waals surface area contributed by atoms with E-state index in [1.807, 2.05) is 35.7 Å². The van der Waals surface area contributed by atoms with Gasteiger partial charge in [-0.25, -0.2) is 0 Å². The molecule has 0 saturated heterocycles. The second-order valence-corrected chi connectivity index (χ2v) is 5.43. The number of rotatable bonds is 5. The summed E-state index contributed by atoms with van der Waals surface area (Å²) in [6, 6.07) is 0.470. The van der Waals surface area contributed by atoms with Crippen LogP contribution in [-0.4, -0.2) is 25.6 Å². The van der Waals surface area contributed by atoms with E-state index >= 15 is 0 Å². The van der Waals surface area contributed by atoms with Crippen molar-refractivity contribution in [2.24, 2.45) is 7.05 Å². The summed E-state index contributed by atoms with van der Waals surface area (Å²) in [5, 5.41) is 12.8. The van der Waals surface area contributed by atoms with Gasteiger partial charge in [0.1, 0.15) is 0 Å². The van der Waals surface area contributed by atoms with Gasteiger partial charge in [-0.3, -0.25) is 9.36 Å². The highest BCUT2D eigenvalue weighted by Gasteiger charge is 2.12. The number of hydrogen-bond acceptors (Lipinski definition) is 3. The van der Waals surface area contributed by atoms with E-state index in [1.165, 1.54) is 5.56 Å². The highest BCUT2D eigenvalue weighted by atomic mass is 35.5. The first-order valence-corrected chi connectivity index (χ1v) is 6.78. The molecule has 104 valence electrons. The molecule has 2 aromatic rings. The van der Waals surface area contributed by atoms with Gasteiger partial charge in [0.15, 0.2) is 0 Å². The zero-order chi connectivity index (χ0) is 14.0. The van der Waals surface area contributed by atoms with Crippen molar-refractivity contribution in [2.45, 2.75) is 39.9 Å². The maximum atomic E-state index is 6.24. The van der Waals surface area contributed by atoms with Crippen LogP contribution < -0.4 is 5.32 Å². The Morgan fingerprint density at radius 2 is 2.16 bits per heavy atom. The summed E-state index contributed by atoms with van der Waals surface area (Å²) in [6.45, 7) is 7.63. The third-order valence-corrected chi connectivity index (χ3v) is 3.47. The third kappa shape index (κ3) is 3.36. The van der Waals surface area contributed by atoms with Gasteiger partial charge in [-0.1, -0.05) is 25.4 Å². The lowest BCUT2D eigenvalue weighted by Crippen LogP contribution is -2.21. The molecule has 0 aliphatic carbocycles. The summed E-state index contributed by atoms with van der Waals surface area (Å²) in [5.74, 6) is 0. The van der Waals surface area contributed by atoms with Gasteiger partial charge in [0.25, 0.3) is 0 Å². The molecule has 0 aliphatic heterocycles. The molecule has 0 aromatic carbocycles. The largest absolute Gasteiger partial charge is 0.310 e. The first-order valence-electron chi connectivity index (χ1n) is 6.40. The number of hydrogen-bond donors (Lipinski definition) is 1. The van der Waals surface area contributed by atoms with E-state index in [0.29, 0.717) is 12.6 Å². The molecule has 1 N–H and O–H groups in total. The van der Waals surface area contributed by atoms with Gasteiger partial charge < -0.3 is 5.32 Å². The van der Waals surface area contributed by atoms with Gasteiger partial charge in [0.05, 0.1) is 29.2 Å². The molecule has 0 unspecified atom stereocenters. The molecule has 0 fully saturated rings. The number of aromatic nitrogens is 4. The van der Waals surface area contributed by atoms with E-state index in [4.69, 9.17) is 11.6 Å². The molecule has 0 amide bonds. The van der Waals surface area contributed by atoms with Crippen LogP contribution in [0.5, 0.6) is 0 Å². The lowest BCUT2D eigenvalue weighted by molar-refractivity contribution is 0.587. The van der Waals surface area contributed by atoms with Crippen LogP contribution in [0, 0.1) is 6.92 Å². The Morgan fingerprint density at radius 3 is 2.74 bits per heavy atom.